The van der Waals surface area contributed by atoms with Crippen LogP contribution >= 0.6 is 0 Å². The second kappa shape index (κ2) is 6.48. The zero-order valence-corrected chi connectivity index (χ0v) is 17.2. The number of anilines is 1. The third kappa shape index (κ3) is 3.04. The SMILES string of the molecule is CC(C)(C)OC(=O)N1CCc2[nH]c3nccc(-c4ccc5[nH]nc(N)c5c4)c3c2C1. The summed E-state index contributed by atoms with van der Waals surface area (Å²) in [6.45, 7) is 6.74. The zero-order valence-electron chi connectivity index (χ0n) is 17.2. The Morgan fingerprint density at radius 3 is 2.90 bits per heavy atom. The fourth-order valence-corrected chi connectivity index (χ4v) is 4.06. The van der Waals surface area contributed by atoms with Gasteiger partial charge in [0.1, 0.15) is 11.2 Å². The number of hydrogen-bond acceptors (Lipinski definition) is 5. The van der Waals surface area contributed by atoms with Crippen LogP contribution in [-0.4, -0.2) is 43.3 Å². The Bertz CT molecular complexity index is 1280. The molecular formula is C22H24N6O2. The van der Waals surface area contributed by atoms with Crippen molar-refractivity contribution in [2.45, 2.75) is 39.3 Å². The van der Waals surface area contributed by atoms with E-state index in [0.717, 1.165) is 50.7 Å². The molecular weight excluding hydrogens is 380 g/mol. The molecule has 4 heterocycles. The number of H-pyrrole nitrogens is 2. The normalized spacial score (nSPS) is 14.3. The molecule has 154 valence electrons. The van der Waals surface area contributed by atoms with Crippen molar-refractivity contribution in [3.63, 3.8) is 0 Å². The number of aromatic amines is 2. The summed E-state index contributed by atoms with van der Waals surface area (Å²) in [6, 6.07) is 8.06. The standard InChI is InChI=1S/C22H24N6O2/c1-22(2,3)30-21(29)28-9-7-16-15(11-28)18-13(6-8-24-20(18)25-16)12-4-5-17-14(10-12)19(23)27-26-17/h4-6,8,10H,7,9,11H2,1-3H3,(H,24,25)(H3,23,26,27). The zero-order chi connectivity index (χ0) is 21.0. The first kappa shape index (κ1) is 18.5. The first-order valence-electron chi connectivity index (χ1n) is 10.0. The number of nitrogens with one attached hydrogen (secondary N) is 2. The number of hydrogen-bond donors (Lipinski definition) is 3. The summed E-state index contributed by atoms with van der Waals surface area (Å²) in [6.07, 6.45) is 2.24. The lowest BCUT2D eigenvalue weighted by Gasteiger charge is -2.30. The maximum absolute atomic E-state index is 12.6. The van der Waals surface area contributed by atoms with Crippen LogP contribution in [0.2, 0.25) is 0 Å². The van der Waals surface area contributed by atoms with Crippen molar-refractivity contribution in [1.29, 1.82) is 0 Å². The van der Waals surface area contributed by atoms with Gasteiger partial charge in [-0.25, -0.2) is 9.78 Å². The van der Waals surface area contributed by atoms with Gasteiger partial charge in [-0.1, -0.05) is 6.07 Å². The van der Waals surface area contributed by atoms with Gasteiger partial charge < -0.3 is 20.4 Å². The van der Waals surface area contributed by atoms with E-state index in [1.54, 1.807) is 11.1 Å². The first-order valence-corrected chi connectivity index (χ1v) is 10.0. The first-order chi connectivity index (χ1) is 14.3. The molecule has 1 aliphatic rings. The number of aromatic nitrogens is 4. The largest absolute Gasteiger partial charge is 0.444 e. The van der Waals surface area contributed by atoms with Crippen molar-refractivity contribution in [3.8, 4) is 11.1 Å². The van der Waals surface area contributed by atoms with Crippen molar-refractivity contribution < 1.29 is 9.53 Å². The Balaban J connectivity index is 1.60. The minimum absolute atomic E-state index is 0.291. The topological polar surface area (TPSA) is 113 Å². The number of carbonyl (C=O) groups excluding carboxylic acids is 1. The van der Waals surface area contributed by atoms with Crippen LogP contribution in [0.1, 0.15) is 32.0 Å². The highest BCUT2D eigenvalue weighted by molar-refractivity contribution is 6.00. The Hall–Kier alpha value is -3.55. The van der Waals surface area contributed by atoms with E-state index >= 15 is 0 Å². The minimum atomic E-state index is -0.524. The highest BCUT2D eigenvalue weighted by Crippen LogP contribution is 2.36. The molecule has 30 heavy (non-hydrogen) atoms. The van der Waals surface area contributed by atoms with Crippen LogP contribution in [0.25, 0.3) is 33.1 Å². The second-order valence-corrected chi connectivity index (χ2v) is 8.69. The summed E-state index contributed by atoms with van der Waals surface area (Å²) in [5, 5.41) is 8.94. The van der Waals surface area contributed by atoms with Crippen LogP contribution in [0.15, 0.2) is 30.5 Å². The molecule has 0 unspecified atom stereocenters. The lowest BCUT2D eigenvalue weighted by Crippen LogP contribution is -2.39. The van der Waals surface area contributed by atoms with Crippen molar-refractivity contribution in [2.24, 2.45) is 0 Å². The second-order valence-electron chi connectivity index (χ2n) is 8.69. The van der Waals surface area contributed by atoms with Gasteiger partial charge in [-0.05, 0) is 50.1 Å². The third-order valence-corrected chi connectivity index (χ3v) is 5.42. The molecule has 0 spiro atoms. The van der Waals surface area contributed by atoms with Gasteiger partial charge in [-0.3, -0.25) is 5.10 Å². The van der Waals surface area contributed by atoms with Gasteiger partial charge in [0.05, 0.1) is 12.1 Å². The van der Waals surface area contributed by atoms with Crippen molar-refractivity contribution in [2.75, 3.05) is 12.3 Å². The molecule has 0 bridgehead atoms. The molecule has 4 aromatic rings. The quantitative estimate of drug-likeness (QED) is 0.444. The van der Waals surface area contributed by atoms with Gasteiger partial charge in [-0.15, -0.1) is 0 Å². The number of amides is 1. The summed E-state index contributed by atoms with van der Waals surface area (Å²) in [4.78, 5) is 22.4. The molecule has 1 amide bonds. The molecule has 0 aliphatic carbocycles. The number of carbonyl (C=O) groups is 1. The number of nitrogens with two attached hydrogens (primary N) is 1. The van der Waals surface area contributed by atoms with Crippen molar-refractivity contribution >= 4 is 33.8 Å². The van der Waals surface area contributed by atoms with Gasteiger partial charge in [0.25, 0.3) is 0 Å². The van der Waals surface area contributed by atoms with E-state index in [4.69, 9.17) is 10.5 Å². The van der Waals surface area contributed by atoms with Crippen LogP contribution < -0.4 is 5.73 Å². The van der Waals surface area contributed by atoms with Gasteiger partial charge in [0.2, 0.25) is 0 Å². The number of fused-ring (bicyclic) bond motifs is 4. The Labute approximate surface area is 173 Å². The summed E-state index contributed by atoms with van der Waals surface area (Å²) in [7, 11) is 0. The van der Waals surface area contributed by atoms with Gasteiger partial charge in [0, 0.05) is 41.2 Å². The summed E-state index contributed by atoms with van der Waals surface area (Å²) >= 11 is 0. The predicted octanol–water partition coefficient (Wildman–Crippen LogP) is 3.98. The van der Waals surface area contributed by atoms with Crippen LogP contribution in [0.4, 0.5) is 10.6 Å². The molecule has 0 saturated heterocycles. The molecule has 4 N–H and O–H groups in total. The third-order valence-electron chi connectivity index (χ3n) is 5.42. The number of nitrogens with zero attached hydrogens (tertiary/aromatic N) is 3. The fourth-order valence-electron chi connectivity index (χ4n) is 4.06. The summed E-state index contributed by atoms with van der Waals surface area (Å²) < 4.78 is 5.59. The van der Waals surface area contributed by atoms with Gasteiger partial charge >= 0.3 is 6.09 Å². The van der Waals surface area contributed by atoms with Crippen LogP contribution in [-0.2, 0) is 17.7 Å². The highest BCUT2D eigenvalue weighted by atomic mass is 16.6. The molecule has 3 aromatic heterocycles. The predicted molar refractivity (Wildman–Crippen MR) is 116 cm³/mol. The molecule has 8 heteroatoms. The maximum Gasteiger partial charge on any atom is 0.410 e. The van der Waals surface area contributed by atoms with Gasteiger partial charge in [-0.2, -0.15) is 5.10 Å². The Kier molecular flexibility index (Phi) is 3.99. The molecule has 8 nitrogen and oxygen atoms in total. The van der Waals surface area contributed by atoms with Crippen molar-refractivity contribution in [3.05, 3.63) is 41.7 Å². The van der Waals surface area contributed by atoms with E-state index in [9.17, 15) is 4.79 Å². The summed E-state index contributed by atoms with van der Waals surface area (Å²) in [5.74, 6) is 0.476. The monoisotopic (exact) mass is 404 g/mol. The van der Waals surface area contributed by atoms with E-state index in [-0.39, 0.29) is 6.09 Å². The van der Waals surface area contributed by atoms with E-state index in [1.165, 1.54) is 0 Å². The fraction of sp³-hybridized carbons (Fsp3) is 0.318. The molecule has 0 saturated carbocycles. The van der Waals surface area contributed by atoms with E-state index in [2.05, 4.69) is 20.2 Å². The molecule has 5 rings (SSSR count). The Morgan fingerprint density at radius 2 is 2.10 bits per heavy atom. The average Bonchev–Trinajstić information content (AvgIpc) is 3.26. The molecule has 1 aliphatic heterocycles. The van der Waals surface area contributed by atoms with Crippen LogP contribution in [0, 0.1) is 0 Å². The smallest absolute Gasteiger partial charge is 0.410 e. The number of ether oxygens (including phenoxy) is 1. The summed E-state index contributed by atoms with van der Waals surface area (Å²) in [5.41, 5.74) is 11.5. The number of nitrogen functional groups attached to an aromatic ring is 1. The van der Waals surface area contributed by atoms with Crippen molar-refractivity contribution in [1.82, 2.24) is 25.1 Å². The Morgan fingerprint density at radius 1 is 1.27 bits per heavy atom. The van der Waals surface area contributed by atoms with E-state index in [0.29, 0.717) is 18.9 Å². The number of rotatable bonds is 1. The molecule has 0 fully saturated rings. The molecule has 1 aromatic carbocycles. The molecule has 0 radical (unpaired) electrons. The lowest BCUT2D eigenvalue weighted by atomic mass is 9.97. The van der Waals surface area contributed by atoms with Crippen LogP contribution in [0.5, 0.6) is 0 Å². The number of pyridine rings is 1. The highest BCUT2D eigenvalue weighted by Gasteiger charge is 2.29. The van der Waals surface area contributed by atoms with E-state index < -0.39 is 5.60 Å². The maximum atomic E-state index is 12.6. The number of benzene rings is 1. The minimum Gasteiger partial charge on any atom is -0.444 e. The van der Waals surface area contributed by atoms with Gasteiger partial charge in [0.15, 0.2) is 5.82 Å². The van der Waals surface area contributed by atoms with Crippen LogP contribution in [0.3, 0.4) is 0 Å². The lowest BCUT2D eigenvalue weighted by molar-refractivity contribution is 0.0224. The average molecular weight is 404 g/mol. The van der Waals surface area contributed by atoms with E-state index in [1.807, 2.05) is 45.0 Å². The molecule has 0 atom stereocenters.